The standard InChI is InChI=1S/C20H25BrN4O2/c1-12-3-6-17(16(21)11-12)27-13(2)20(26)25-9-7-15(8-10-25)19-22-18(23-24-19)14-4-5-14/h3,6,11,13-15H,4-5,7-10H2,1-2H3,(H,22,23,24). The molecule has 1 saturated heterocycles. The van der Waals surface area contributed by atoms with Crippen LogP contribution in [0.1, 0.15) is 61.7 Å². The summed E-state index contributed by atoms with van der Waals surface area (Å²) in [6.45, 7) is 5.30. The van der Waals surface area contributed by atoms with E-state index in [-0.39, 0.29) is 5.91 Å². The number of carbonyl (C=O) groups excluding carboxylic acids is 1. The van der Waals surface area contributed by atoms with E-state index in [2.05, 4.69) is 31.1 Å². The highest BCUT2D eigenvalue weighted by Gasteiger charge is 2.32. The third-order valence-corrected chi connectivity index (χ3v) is 6.01. The number of aromatic nitrogens is 3. The van der Waals surface area contributed by atoms with Crippen LogP contribution in [-0.4, -0.2) is 45.2 Å². The van der Waals surface area contributed by atoms with Crippen molar-refractivity contribution >= 4 is 21.8 Å². The topological polar surface area (TPSA) is 71.1 Å². The van der Waals surface area contributed by atoms with E-state index in [1.54, 1.807) is 0 Å². The van der Waals surface area contributed by atoms with Gasteiger partial charge < -0.3 is 9.64 Å². The molecule has 144 valence electrons. The molecule has 1 aromatic heterocycles. The maximum atomic E-state index is 12.8. The Morgan fingerprint density at radius 3 is 2.67 bits per heavy atom. The maximum absolute atomic E-state index is 12.8. The second kappa shape index (κ2) is 7.62. The van der Waals surface area contributed by atoms with Crippen LogP contribution in [0.15, 0.2) is 22.7 Å². The van der Waals surface area contributed by atoms with Crippen LogP contribution in [-0.2, 0) is 4.79 Å². The van der Waals surface area contributed by atoms with E-state index in [1.807, 2.05) is 36.9 Å². The van der Waals surface area contributed by atoms with Gasteiger partial charge in [0.2, 0.25) is 0 Å². The molecule has 0 spiro atoms. The first-order valence-corrected chi connectivity index (χ1v) is 10.4. The highest BCUT2D eigenvalue weighted by molar-refractivity contribution is 9.10. The molecule has 7 heteroatoms. The van der Waals surface area contributed by atoms with Gasteiger partial charge >= 0.3 is 0 Å². The number of nitrogens with zero attached hydrogens (tertiary/aromatic N) is 3. The molecule has 1 atom stereocenters. The second-order valence-electron chi connectivity index (χ2n) is 7.65. The predicted molar refractivity (Wildman–Crippen MR) is 106 cm³/mol. The predicted octanol–water partition coefficient (Wildman–Crippen LogP) is 3.93. The van der Waals surface area contributed by atoms with Gasteiger partial charge in [-0.25, -0.2) is 4.98 Å². The Labute approximate surface area is 167 Å². The maximum Gasteiger partial charge on any atom is 0.263 e. The van der Waals surface area contributed by atoms with Crippen molar-refractivity contribution in [1.29, 1.82) is 0 Å². The van der Waals surface area contributed by atoms with E-state index in [0.29, 0.717) is 17.6 Å². The Morgan fingerprint density at radius 2 is 2.00 bits per heavy atom. The third-order valence-electron chi connectivity index (χ3n) is 5.39. The summed E-state index contributed by atoms with van der Waals surface area (Å²) in [5.74, 6) is 3.61. The summed E-state index contributed by atoms with van der Waals surface area (Å²) < 4.78 is 6.77. The molecular formula is C20H25BrN4O2. The van der Waals surface area contributed by atoms with E-state index in [9.17, 15) is 4.79 Å². The normalized spacial score (nSPS) is 19.1. The van der Waals surface area contributed by atoms with E-state index < -0.39 is 6.10 Å². The van der Waals surface area contributed by atoms with Crippen molar-refractivity contribution in [3.05, 3.63) is 39.9 Å². The highest BCUT2D eigenvalue weighted by atomic mass is 79.9. The van der Waals surface area contributed by atoms with Crippen LogP contribution in [0.4, 0.5) is 0 Å². The van der Waals surface area contributed by atoms with Crippen LogP contribution in [0.2, 0.25) is 0 Å². The zero-order valence-corrected chi connectivity index (χ0v) is 17.3. The molecule has 0 radical (unpaired) electrons. The summed E-state index contributed by atoms with van der Waals surface area (Å²) in [7, 11) is 0. The minimum atomic E-state index is -0.507. The molecule has 4 rings (SSSR count). The molecule has 2 heterocycles. The number of hydrogen-bond donors (Lipinski definition) is 1. The lowest BCUT2D eigenvalue weighted by atomic mass is 9.96. The minimum absolute atomic E-state index is 0.0390. The van der Waals surface area contributed by atoms with Gasteiger partial charge in [0.1, 0.15) is 11.6 Å². The summed E-state index contributed by atoms with van der Waals surface area (Å²) >= 11 is 3.50. The zero-order chi connectivity index (χ0) is 19.0. The molecule has 2 aliphatic rings. The summed E-state index contributed by atoms with van der Waals surface area (Å²) in [6.07, 6.45) is 3.73. The van der Waals surface area contributed by atoms with E-state index >= 15 is 0 Å². The largest absolute Gasteiger partial charge is 0.480 e. The van der Waals surface area contributed by atoms with Crippen molar-refractivity contribution in [2.45, 2.75) is 57.5 Å². The molecule has 27 heavy (non-hydrogen) atoms. The Balaban J connectivity index is 1.32. The molecule has 1 aliphatic carbocycles. The Morgan fingerprint density at radius 1 is 1.26 bits per heavy atom. The van der Waals surface area contributed by atoms with Crippen molar-refractivity contribution in [2.24, 2.45) is 0 Å². The molecular weight excluding hydrogens is 408 g/mol. The first-order chi connectivity index (χ1) is 13.0. The number of H-pyrrole nitrogens is 1. The first kappa shape index (κ1) is 18.5. The number of rotatable bonds is 5. The van der Waals surface area contributed by atoms with Gasteiger partial charge in [0, 0.05) is 24.9 Å². The Hall–Kier alpha value is -1.89. The second-order valence-corrected chi connectivity index (χ2v) is 8.50. The summed E-state index contributed by atoms with van der Waals surface area (Å²) in [6, 6.07) is 5.87. The summed E-state index contributed by atoms with van der Waals surface area (Å²) in [5, 5.41) is 7.47. The van der Waals surface area contributed by atoms with E-state index in [1.165, 1.54) is 12.8 Å². The quantitative estimate of drug-likeness (QED) is 0.776. The number of amides is 1. The average Bonchev–Trinajstić information content (AvgIpc) is 3.40. The van der Waals surface area contributed by atoms with Crippen LogP contribution < -0.4 is 4.74 Å². The van der Waals surface area contributed by atoms with Crippen LogP contribution >= 0.6 is 15.9 Å². The van der Waals surface area contributed by atoms with Gasteiger partial charge in [-0.1, -0.05) is 6.07 Å². The van der Waals surface area contributed by atoms with Gasteiger partial charge in [-0.05, 0) is 73.2 Å². The summed E-state index contributed by atoms with van der Waals surface area (Å²) in [4.78, 5) is 19.4. The van der Waals surface area contributed by atoms with Crippen LogP contribution in [0.3, 0.4) is 0 Å². The van der Waals surface area contributed by atoms with E-state index in [4.69, 9.17) is 4.74 Å². The fraction of sp³-hybridized carbons (Fsp3) is 0.550. The molecule has 1 unspecified atom stereocenters. The van der Waals surface area contributed by atoms with Crippen molar-refractivity contribution in [1.82, 2.24) is 20.1 Å². The van der Waals surface area contributed by atoms with Crippen LogP contribution in [0.5, 0.6) is 5.75 Å². The van der Waals surface area contributed by atoms with Crippen molar-refractivity contribution in [3.63, 3.8) is 0 Å². The van der Waals surface area contributed by atoms with Crippen molar-refractivity contribution < 1.29 is 9.53 Å². The lowest BCUT2D eigenvalue weighted by Crippen LogP contribution is -2.44. The van der Waals surface area contributed by atoms with Gasteiger partial charge in [-0.2, -0.15) is 5.10 Å². The number of ether oxygens (including phenoxy) is 1. The molecule has 1 aromatic carbocycles. The molecule has 1 saturated carbocycles. The van der Waals surface area contributed by atoms with Gasteiger partial charge in [-0.3, -0.25) is 9.89 Å². The summed E-state index contributed by atoms with van der Waals surface area (Å²) in [5.41, 5.74) is 1.15. The lowest BCUT2D eigenvalue weighted by molar-refractivity contribution is -0.139. The van der Waals surface area contributed by atoms with Gasteiger partial charge in [0.15, 0.2) is 11.9 Å². The highest BCUT2D eigenvalue weighted by Crippen LogP contribution is 2.38. The third kappa shape index (κ3) is 4.18. The molecule has 1 amide bonds. The van der Waals surface area contributed by atoms with Gasteiger partial charge in [-0.15, -0.1) is 0 Å². The number of carbonyl (C=O) groups is 1. The SMILES string of the molecule is Cc1ccc(OC(C)C(=O)N2CCC(c3nc(C4CC4)n[nH]3)CC2)c(Br)c1. The number of hydrogen-bond acceptors (Lipinski definition) is 4. The number of aryl methyl sites for hydroxylation is 1. The monoisotopic (exact) mass is 432 g/mol. The zero-order valence-electron chi connectivity index (χ0n) is 15.7. The van der Waals surface area contributed by atoms with Crippen LogP contribution in [0.25, 0.3) is 0 Å². The van der Waals surface area contributed by atoms with Gasteiger partial charge in [0.05, 0.1) is 4.47 Å². The van der Waals surface area contributed by atoms with Crippen LogP contribution in [0, 0.1) is 6.92 Å². The molecule has 2 aromatic rings. The number of nitrogens with one attached hydrogen (secondary N) is 1. The average molecular weight is 433 g/mol. The number of halogens is 1. The Bertz CT molecular complexity index is 825. The smallest absolute Gasteiger partial charge is 0.263 e. The van der Waals surface area contributed by atoms with Crippen molar-refractivity contribution in [3.8, 4) is 5.75 Å². The molecule has 2 fully saturated rings. The molecule has 1 N–H and O–H groups in total. The molecule has 6 nitrogen and oxygen atoms in total. The molecule has 0 bridgehead atoms. The fourth-order valence-electron chi connectivity index (χ4n) is 3.57. The van der Waals surface area contributed by atoms with Crippen molar-refractivity contribution in [2.75, 3.05) is 13.1 Å². The van der Waals surface area contributed by atoms with E-state index in [0.717, 1.165) is 47.6 Å². The lowest BCUT2D eigenvalue weighted by Gasteiger charge is -2.32. The fourth-order valence-corrected chi connectivity index (χ4v) is 4.15. The number of aromatic amines is 1. The number of likely N-dealkylation sites (tertiary alicyclic amines) is 1. The number of benzene rings is 1. The Kier molecular flexibility index (Phi) is 5.21. The number of piperidine rings is 1. The minimum Gasteiger partial charge on any atom is -0.480 e. The molecule has 1 aliphatic heterocycles. The van der Waals surface area contributed by atoms with Gasteiger partial charge in [0.25, 0.3) is 5.91 Å². The first-order valence-electron chi connectivity index (χ1n) is 9.65.